The second-order valence-electron chi connectivity index (χ2n) is 8.78. The Morgan fingerprint density at radius 2 is 2.06 bits per heavy atom. The molecule has 1 aliphatic heterocycles. The van der Waals surface area contributed by atoms with E-state index in [0.717, 1.165) is 55.9 Å². The topological polar surface area (TPSA) is 113 Å². The summed E-state index contributed by atoms with van der Waals surface area (Å²) < 4.78 is 1.75. The van der Waals surface area contributed by atoms with Gasteiger partial charge in [0.2, 0.25) is 0 Å². The highest BCUT2D eigenvalue weighted by Gasteiger charge is 2.23. The summed E-state index contributed by atoms with van der Waals surface area (Å²) in [5, 5.41) is 17.4. The largest absolute Gasteiger partial charge is 0.481 e. The SMILES string of the molecule is CN(C)C(=O)c1cncc(C(CC(=O)O)n2nccc2CCCc2ccc3c(n2)NCCC3)c1. The number of aromatic nitrogens is 4. The molecule has 0 fully saturated rings. The molecule has 9 heteroatoms. The molecule has 0 aromatic carbocycles. The van der Waals surface area contributed by atoms with Crippen molar-refractivity contribution in [2.45, 2.75) is 44.6 Å². The molecule has 1 atom stereocenters. The molecule has 4 heterocycles. The number of carbonyl (C=O) groups excluding carboxylic acids is 1. The molecule has 0 saturated carbocycles. The maximum atomic E-state index is 12.4. The molecule has 1 unspecified atom stereocenters. The molecule has 2 N–H and O–H groups in total. The highest BCUT2D eigenvalue weighted by molar-refractivity contribution is 5.93. The average Bonchev–Trinajstić information content (AvgIpc) is 3.30. The van der Waals surface area contributed by atoms with Crippen molar-refractivity contribution in [2.24, 2.45) is 0 Å². The van der Waals surface area contributed by atoms with E-state index in [1.165, 1.54) is 16.7 Å². The smallest absolute Gasteiger partial charge is 0.305 e. The number of hydrogen-bond donors (Lipinski definition) is 2. The van der Waals surface area contributed by atoms with Crippen LogP contribution in [0, 0.1) is 0 Å². The van der Waals surface area contributed by atoms with E-state index in [4.69, 9.17) is 4.98 Å². The third-order valence-electron chi connectivity index (χ3n) is 6.03. The van der Waals surface area contributed by atoms with E-state index in [0.29, 0.717) is 11.1 Å². The quantitative estimate of drug-likeness (QED) is 0.503. The van der Waals surface area contributed by atoms with Gasteiger partial charge in [-0.1, -0.05) is 6.07 Å². The first-order valence-electron chi connectivity index (χ1n) is 11.6. The van der Waals surface area contributed by atoms with E-state index < -0.39 is 12.0 Å². The van der Waals surface area contributed by atoms with Gasteiger partial charge in [-0.05, 0) is 61.4 Å². The molecule has 0 radical (unpaired) electrons. The minimum Gasteiger partial charge on any atom is -0.481 e. The second kappa shape index (κ2) is 10.5. The lowest BCUT2D eigenvalue weighted by atomic mass is 10.0. The van der Waals surface area contributed by atoms with Crippen LogP contribution in [-0.4, -0.2) is 62.3 Å². The Morgan fingerprint density at radius 3 is 2.85 bits per heavy atom. The zero-order valence-corrected chi connectivity index (χ0v) is 19.6. The van der Waals surface area contributed by atoms with Crippen molar-refractivity contribution >= 4 is 17.7 Å². The number of carboxylic acids is 1. The molecule has 3 aromatic heterocycles. The number of aryl methyl sites for hydroxylation is 3. The van der Waals surface area contributed by atoms with Gasteiger partial charge in [0.15, 0.2) is 0 Å². The molecule has 0 aliphatic carbocycles. The number of carbonyl (C=O) groups is 2. The van der Waals surface area contributed by atoms with Crippen molar-refractivity contribution in [3.63, 3.8) is 0 Å². The summed E-state index contributed by atoms with van der Waals surface area (Å²) in [5.41, 5.74) is 4.31. The number of aliphatic carboxylic acids is 1. The molecule has 4 rings (SSSR count). The van der Waals surface area contributed by atoms with Gasteiger partial charge in [-0.15, -0.1) is 0 Å². The van der Waals surface area contributed by atoms with Crippen LogP contribution in [0.3, 0.4) is 0 Å². The lowest BCUT2D eigenvalue weighted by Crippen LogP contribution is -2.23. The minimum absolute atomic E-state index is 0.159. The summed E-state index contributed by atoms with van der Waals surface area (Å²) in [6.07, 6.45) is 9.23. The number of pyridine rings is 2. The molecule has 1 aliphatic rings. The highest BCUT2D eigenvalue weighted by Crippen LogP contribution is 2.25. The van der Waals surface area contributed by atoms with Gasteiger partial charge in [0.25, 0.3) is 5.91 Å². The Labute approximate surface area is 198 Å². The summed E-state index contributed by atoms with van der Waals surface area (Å²) in [4.78, 5) is 34.5. The van der Waals surface area contributed by atoms with E-state index in [1.807, 2.05) is 6.07 Å². The van der Waals surface area contributed by atoms with Crippen LogP contribution in [0.15, 0.2) is 42.9 Å². The number of amides is 1. The van der Waals surface area contributed by atoms with E-state index in [-0.39, 0.29) is 12.3 Å². The van der Waals surface area contributed by atoms with Crippen molar-refractivity contribution in [2.75, 3.05) is 26.0 Å². The van der Waals surface area contributed by atoms with Crippen LogP contribution in [0.1, 0.15) is 58.2 Å². The van der Waals surface area contributed by atoms with Gasteiger partial charge < -0.3 is 15.3 Å². The standard InChI is InChI=1S/C25H30N6O3/c1-30(2)25(34)19-13-18(15-26-16-19)22(14-23(32)33)31-21(10-12-28-31)7-3-6-20-9-8-17-5-4-11-27-24(17)29-20/h8-10,12-13,15-16,22H,3-7,11,14H2,1-2H3,(H,27,29)(H,32,33). The van der Waals surface area contributed by atoms with Crippen LogP contribution in [0.5, 0.6) is 0 Å². The van der Waals surface area contributed by atoms with Gasteiger partial charge >= 0.3 is 5.97 Å². The van der Waals surface area contributed by atoms with E-state index in [2.05, 4.69) is 27.5 Å². The molecule has 3 aromatic rings. The maximum Gasteiger partial charge on any atom is 0.305 e. The molecular formula is C25H30N6O3. The lowest BCUT2D eigenvalue weighted by molar-refractivity contribution is -0.137. The Morgan fingerprint density at radius 1 is 1.21 bits per heavy atom. The first-order valence-corrected chi connectivity index (χ1v) is 11.6. The molecule has 178 valence electrons. The zero-order chi connectivity index (χ0) is 24.1. The van der Waals surface area contributed by atoms with Gasteiger partial charge in [0, 0.05) is 50.6 Å². The van der Waals surface area contributed by atoms with Crippen LogP contribution in [0.4, 0.5) is 5.82 Å². The normalized spacial score (nSPS) is 13.6. The molecule has 0 spiro atoms. The van der Waals surface area contributed by atoms with Gasteiger partial charge in [-0.25, -0.2) is 4.98 Å². The Hall–Kier alpha value is -3.75. The van der Waals surface area contributed by atoms with Crippen molar-refractivity contribution < 1.29 is 14.7 Å². The number of carboxylic acid groups (broad SMARTS) is 1. The Balaban J connectivity index is 1.51. The maximum absolute atomic E-state index is 12.4. The summed E-state index contributed by atoms with van der Waals surface area (Å²) in [7, 11) is 3.34. The zero-order valence-electron chi connectivity index (χ0n) is 19.6. The van der Waals surface area contributed by atoms with E-state index in [1.54, 1.807) is 37.2 Å². The molecule has 34 heavy (non-hydrogen) atoms. The summed E-state index contributed by atoms with van der Waals surface area (Å²) in [6.45, 7) is 0.962. The monoisotopic (exact) mass is 462 g/mol. The number of hydrogen-bond acceptors (Lipinski definition) is 6. The number of nitrogens with zero attached hydrogens (tertiary/aromatic N) is 5. The molecule has 0 saturated heterocycles. The number of rotatable bonds is 9. The summed E-state index contributed by atoms with van der Waals surface area (Å²) >= 11 is 0. The third kappa shape index (κ3) is 5.41. The van der Waals surface area contributed by atoms with Crippen LogP contribution in [0.25, 0.3) is 0 Å². The number of anilines is 1. The summed E-state index contributed by atoms with van der Waals surface area (Å²) in [5.74, 6) is -0.132. The van der Waals surface area contributed by atoms with Crippen LogP contribution in [0.2, 0.25) is 0 Å². The van der Waals surface area contributed by atoms with E-state index in [9.17, 15) is 14.7 Å². The molecule has 0 bridgehead atoms. The lowest BCUT2D eigenvalue weighted by Gasteiger charge is -2.20. The fraction of sp³-hybridized carbons (Fsp3) is 0.400. The molecule has 1 amide bonds. The van der Waals surface area contributed by atoms with Crippen molar-refractivity contribution in [1.82, 2.24) is 24.6 Å². The number of nitrogens with one attached hydrogen (secondary N) is 1. The van der Waals surface area contributed by atoms with Crippen molar-refractivity contribution in [1.29, 1.82) is 0 Å². The first kappa shape index (κ1) is 23.4. The highest BCUT2D eigenvalue weighted by atomic mass is 16.4. The van der Waals surface area contributed by atoms with Crippen molar-refractivity contribution in [3.8, 4) is 0 Å². The van der Waals surface area contributed by atoms with Gasteiger partial charge in [0.1, 0.15) is 5.82 Å². The van der Waals surface area contributed by atoms with Crippen molar-refractivity contribution in [3.05, 3.63) is 70.9 Å². The van der Waals surface area contributed by atoms with E-state index >= 15 is 0 Å². The fourth-order valence-electron chi connectivity index (χ4n) is 4.30. The van der Waals surface area contributed by atoms with Gasteiger partial charge in [-0.2, -0.15) is 5.10 Å². The molecule has 9 nitrogen and oxygen atoms in total. The molecular weight excluding hydrogens is 432 g/mol. The third-order valence-corrected chi connectivity index (χ3v) is 6.03. The predicted molar refractivity (Wildman–Crippen MR) is 128 cm³/mol. The van der Waals surface area contributed by atoms with Crippen LogP contribution in [-0.2, 0) is 24.1 Å². The fourth-order valence-corrected chi connectivity index (χ4v) is 4.30. The second-order valence-corrected chi connectivity index (χ2v) is 8.78. The van der Waals surface area contributed by atoms with Crippen LogP contribution < -0.4 is 5.32 Å². The first-order chi connectivity index (χ1) is 16.4. The van der Waals surface area contributed by atoms with Gasteiger partial charge in [-0.3, -0.25) is 19.3 Å². The average molecular weight is 463 g/mol. The number of fused-ring (bicyclic) bond motifs is 1. The van der Waals surface area contributed by atoms with Gasteiger partial charge in [0.05, 0.1) is 18.0 Å². The minimum atomic E-state index is -0.943. The summed E-state index contributed by atoms with van der Waals surface area (Å²) in [6, 6.07) is 7.31. The Bertz CT molecular complexity index is 1170. The Kier molecular flexibility index (Phi) is 7.20. The van der Waals surface area contributed by atoms with Crippen LogP contribution >= 0.6 is 0 Å². The predicted octanol–water partition coefficient (Wildman–Crippen LogP) is 2.97.